The molecule has 1 heterocycles. The van der Waals surface area contributed by atoms with E-state index in [2.05, 4.69) is 4.98 Å². The molecule has 0 N–H and O–H groups in total. The lowest BCUT2D eigenvalue weighted by atomic mass is 10.2. The van der Waals surface area contributed by atoms with Crippen molar-refractivity contribution in [2.45, 2.75) is 19.7 Å². The highest BCUT2D eigenvalue weighted by Gasteiger charge is 2.02. The molecule has 0 aliphatic heterocycles. The molecule has 0 amide bonds. The van der Waals surface area contributed by atoms with Crippen molar-refractivity contribution in [2.24, 2.45) is 0 Å². The molecule has 0 aliphatic carbocycles. The summed E-state index contributed by atoms with van der Waals surface area (Å²) in [5.41, 5.74) is 2.99. The molecule has 0 saturated carbocycles. The number of nitrogens with zero attached hydrogens (tertiary/aromatic N) is 1. The van der Waals surface area contributed by atoms with Gasteiger partial charge in [0, 0.05) is 11.3 Å². The lowest BCUT2D eigenvalue weighted by Crippen LogP contribution is -1.91. The van der Waals surface area contributed by atoms with Crippen molar-refractivity contribution in [1.29, 1.82) is 0 Å². The number of rotatable bonds is 1. The summed E-state index contributed by atoms with van der Waals surface area (Å²) in [7, 11) is 0. The Hall–Kier alpha value is -0.270. The third kappa shape index (κ3) is 1.85. The molecule has 0 bridgehead atoms. The van der Waals surface area contributed by atoms with Crippen LogP contribution >= 0.6 is 23.2 Å². The first-order valence-electron chi connectivity index (χ1n) is 3.33. The zero-order chi connectivity index (χ0) is 8.43. The van der Waals surface area contributed by atoms with Gasteiger partial charge in [0.1, 0.15) is 5.15 Å². The minimum atomic E-state index is 0.424. The van der Waals surface area contributed by atoms with E-state index in [1.54, 1.807) is 0 Å². The predicted molar refractivity (Wildman–Crippen MR) is 48.3 cm³/mol. The normalized spacial score (nSPS) is 10.2. The first kappa shape index (κ1) is 8.82. The van der Waals surface area contributed by atoms with E-state index >= 15 is 0 Å². The second-order valence-corrected chi connectivity index (χ2v) is 3.10. The van der Waals surface area contributed by atoms with Gasteiger partial charge in [-0.25, -0.2) is 4.98 Å². The summed E-state index contributed by atoms with van der Waals surface area (Å²) < 4.78 is 0. The average Bonchev–Trinajstić information content (AvgIpc) is 1.97. The topological polar surface area (TPSA) is 12.9 Å². The number of halogens is 2. The van der Waals surface area contributed by atoms with Crippen LogP contribution in [0.2, 0.25) is 5.15 Å². The summed E-state index contributed by atoms with van der Waals surface area (Å²) in [5, 5.41) is 0.517. The molecular formula is C8H9Cl2N. The molecule has 0 saturated heterocycles. The summed E-state index contributed by atoms with van der Waals surface area (Å²) in [6.07, 6.45) is 0. The molecule has 0 radical (unpaired) electrons. The Morgan fingerprint density at radius 2 is 2.09 bits per heavy atom. The Bertz CT molecular complexity index is 271. The van der Waals surface area contributed by atoms with Gasteiger partial charge in [0.15, 0.2) is 0 Å². The third-order valence-electron chi connectivity index (χ3n) is 1.64. The summed E-state index contributed by atoms with van der Waals surface area (Å²) in [6.45, 7) is 3.92. The van der Waals surface area contributed by atoms with Gasteiger partial charge in [0.2, 0.25) is 0 Å². The Labute approximate surface area is 76.4 Å². The highest BCUT2D eigenvalue weighted by atomic mass is 35.5. The van der Waals surface area contributed by atoms with Crippen molar-refractivity contribution in [2.75, 3.05) is 0 Å². The van der Waals surface area contributed by atoms with E-state index in [4.69, 9.17) is 23.2 Å². The molecule has 0 aromatic carbocycles. The van der Waals surface area contributed by atoms with E-state index in [1.807, 2.05) is 19.9 Å². The fourth-order valence-electron chi connectivity index (χ4n) is 0.826. The fourth-order valence-corrected chi connectivity index (χ4v) is 1.35. The highest BCUT2D eigenvalue weighted by Crippen LogP contribution is 2.18. The minimum Gasteiger partial charge on any atom is -0.241 e. The molecule has 0 unspecified atom stereocenters. The van der Waals surface area contributed by atoms with E-state index in [1.165, 1.54) is 0 Å². The number of hydrogen-bond donors (Lipinski definition) is 0. The van der Waals surface area contributed by atoms with Gasteiger partial charge in [0.05, 0.1) is 5.88 Å². The minimum absolute atomic E-state index is 0.424. The average molecular weight is 190 g/mol. The molecule has 0 atom stereocenters. The van der Waals surface area contributed by atoms with Crippen LogP contribution in [0.5, 0.6) is 0 Å². The van der Waals surface area contributed by atoms with Gasteiger partial charge in [0.25, 0.3) is 0 Å². The standard InChI is InChI=1S/C8H9Cl2N/c1-5-3-7(4-9)8(10)11-6(5)2/h3H,4H2,1-2H3. The number of aromatic nitrogens is 1. The van der Waals surface area contributed by atoms with Crippen molar-refractivity contribution in [1.82, 2.24) is 4.98 Å². The van der Waals surface area contributed by atoms with Gasteiger partial charge in [-0.05, 0) is 19.4 Å². The van der Waals surface area contributed by atoms with Gasteiger partial charge in [-0.3, -0.25) is 0 Å². The lowest BCUT2D eigenvalue weighted by Gasteiger charge is -2.03. The van der Waals surface area contributed by atoms with Gasteiger partial charge < -0.3 is 0 Å². The van der Waals surface area contributed by atoms with Gasteiger partial charge in [-0.1, -0.05) is 17.7 Å². The maximum atomic E-state index is 5.81. The summed E-state index contributed by atoms with van der Waals surface area (Å²) in [4.78, 5) is 4.12. The smallest absolute Gasteiger partial charge is 0.133 e. The molecule has 0 fully saturated rings. The Morgan fingerprint density at radius 1 is 1.45 bits per heavy atom. The Morgan fingerprint density at radius 3 is 2.64 bits per heavy atom. The van der Waals surface area contributed by atoms with E-state index in [0.717, 1.165) is 16.8 Å². The Balaban J connectivity index is 3.21. The van der Waals surface area contributed by atoms with E-state index in [0.29, 0.717) is 11.0 Å². The number of hydrogen-bond acceptors (Lipinski definition) is 1. The van der Waals surface area contributed by atoms with Crippen LogP contribution in [0.3, 0.4) is 0 Å². The first-order chi connectivity index (χ1) is 5.15. The summed E-state index contributed by atoms with van der Waals surface area (Å²) >= 11 is 11.4. The van der Waals surface area contributed by atoms with E-state index < -0.39 is 0 Å². The predicted octanol–water partition coefficient (Wildman–Crippen LogP) is 3.09. The molecule has 0 aliphatic rings. The van der Waals surface area contributed by atoms with Crippen LogP contribution in [0, 0.1) is 13.8 Å². The van der Waals surface area contributed by atoms with Gasteiger partial charge in [-0.2, -0.15) is 0 Å². The molecule has 1 nitrogen and oxygen atoms in total. The SMILES string of the molecule is Cc1cc(CCl)c(Cl)nc1C. The molecule has 1 rings (SSSR count). The van der Waals surface area contributed by atoms with Crippen LogP contribution < -0.4 is 0 Å². The molecule has 60 valence electrons. The largest absolute Gasteiger partial charge is 0.241 e. The zero-order valence-corrected chi connectivity index (χ0v) is 8.00. The monoisotopic (exact) mass is 189 g/mol. The second-order valence-electron chi connectivity index (χ2n) is 2.47. The zero-order valence-electron chi connectivity index (χ0n) is 6.49. The number of pyridine rings is 1. The van der Waals surface area contributed by atoms with Crippen molar-refractivity contribution in [3.63, 3.8) is 0 Å². The van der Waals surface area contributed by atoms with Crippen molar-refractivity contribution in [3.05, 3.63) is 28.0 Å². The van der Waals surface area contributed by atoms with E-state index in [-0.39, 0.29) is 0 Å². The van der Waals surface area contributed by atoms with Crippen LogP contribution in [-0.4, -0.2) is 4.98 Å². The van der Waals surface area contributed by atoms with Crippen molar-refractivity contribution < 1.29 is 0 Å². The first-order valence-corrected chi connectivity index (χ1v) is 4.25. The number of alkyl halides is 1. The number of aryl methyl sites for hydroxylation is 2. The van der Waals surface area contributed by atoms with E-state index in [9.17, 15) is 0 Å². The maximum absolute atomic E-state index is 5.81. The molecular weight excluding hydrogens is 181 g/mol. The van der Waals surface area contributed by atoms with Gasteiger partial charge in [-0.15, -0.1) is 11.6 Å². The van der Waals surface area contributed by atoms with Crippen LogP contribution in [0.1, 0.15) is 16.8 Å². The summed E-state index contributed by atoms with van der Waals surface area (Å²) in [6, 6.07) is 1.97. The Kier molecular flexibility index (Phi) is 2.74. The van der Waals surface area contributed by atoms with Gasteiger partial charge >= 0.3 is 0 Å². The molecule has 3 heteroatoms. The van der Waals surface area contributed by atoms with Crippen LogP contribution in [0.25, 0.3) is 0 Å². The highest BCUT2D eigenvalue weighted by molar-refractivity contribution is 6.31. The van der Waals surface area contributed by atoms with Crippen molar-refractivity contribution in [3.8, 4) is 0 Å². The van der Waals surface area contributed by atoms with Crippen molar-refractivity contribution >= 4 is 23.2 Å². The quantitative estimate of drug-likeness (QED) is 0.489. The maximum Gasteiger partial charge on any atom is 0.133 e. The lowest BCUT2D eigenvalue weighted by molar-refractivity contribution is 1.12. The molecule has 11 heavy (non-hydrogen) atoms. The van der Waals surface area contributed by atoms with Crippen LogP contribution in [0.4, 0.5) is 0 Å². The van der Waals surface area contributed by atoms with Crippen LogP contribution in [0.15, 0.2) is 6.07 Å². The fraction of sp³-hybridized carbons (Fsp3) is 0.375. The summed E-state index contributed by atoms with van der Waals surface area (Å²) in [5.74, 6) is 0.424. The molecule has 0 spiro atoms. The van der Waals surface area contributed by atoms with Crippen LogP contribution in [-0.2, 0) is 5.88 Å². The molecule has 1 aromatic rings. The second kappa shape index (κ2) is 3.42. The molecule has 1 aromatic heterocycles. The third-order valence-corrected chi connectivity index (χ3v) is 2.25.